The number of allylic oxidation sites excluding steroid dienone is 4. The third kappa shape index (κ3) is 4.52. The maximum atomic E-state index is 12.6. The van der Waals surface area contributed by atoms with Crippen molar-refractivity contribution in [1.82, 2.24) is 4.90 Å². The van der Waals surface area contributed by atoms with Gasteiger partial charge in [-0.1, -0.05) is 57.6 Å². The molecule has 5 atom stereocenters. The first-order valence-electron chi connectivity index (χ1n) is 13.2. The number of nitrogens with zero attached hydrogens (tertiary/aromatic N) is 1. The number of amides is 1. The Morgan fingerprint density at radius 1 is 1.16 bits per heavy atom. The van der Waals surface area contributed by atoms with Gasteiger partial charge in [-0.05, 0) is 93.0 Å². The van der Waals surface area contributed by atoms with Crippen LogP contribution in [0.5, 0.6) is 0 Å². The van der Waals surface area contributed by atoms with Gasteiger partial charge in [-0.25, -0.2) is 0 Å². The zero-order valence-electron chi connectivity index (χ0n) is 21.0. The van der Waals surface area contributed by atoms with Gasteiger partial charge in [-0.15, -0.1) is 0 Å². The van der Waals surface area contributed by atoms with E-state index in [-0.39, 0.29) is 11.5 Å². The van der Waals surface area contributed by atoms with Crippen LogP contribution in [-0.4, -0.2) is 35.1 Å². The van der Waals surface area contributed by atoms with Gasteiger partial charge in [0.1, 0.15) is 0 Å². The minimum absolute atomic E-state index is 0.162. The number of hydrogen-bond donors (Lipinski definition) is 1. The summed E-state index contributed by atoms with van der Waals surface area (Å²) >= 11 is 0. The molecule has 3 heteroatoms. The van der Waals surface area contributed by atoms with Crippen LogP contribution in [0.1, 0.15) is 91.9 Å². The Morgan fingerprint density at radius 2 is 1.94 bits per heavy atom. The molecular formula is C29H45NO2. The normalized spacial score (nSPS) is 38.5. The van der Waals surface area contributed by atoms with Crippen LogP contribution < -0.4 is 0 Å². The fourth-order valence-corrected chi connectivity index (χ4v) is 7.43. The Kier molecular flexibility index (Phi) is 6.78. The van der Waals surface area contributed by atoms with Gasteiger partial charge in [0, 0.05) is 18.5 Å². The van der Waals surface area contributed by atoms with Gasteiger partial charge in [0.05, 0.1) is 6.10 Å². The third-order valence-electron chi connectivity index (χ3n) is 9.64. The van der Waals surface area contributed by atoms with E-state index >= 15 is 0 Å². The van der Waals surface area contributed by atoms with E-state index in [1.807, 2.05) is 0 Å². The van der Waals surface area contributed by atoms with Crippen LogP contribution in [0.4, 0.5) is 0 Å². The summed E-state index contributed by atoms with van der Waals surface area (Å²) in [5.41, 5.74) is 4.32. The second-order valence-electron chi connectivity index (χ2n) is 12.2. The fraction of sp³-hybridized carbons (Fsp3) is 0.759. The molecule has 1 heterocycles. The molecule has 32 heavy (non-hydrogen) atoms. The number of carbonyl (C=O) groups excluding carboxylic acids is 1. The van der Waals surface area contributed by atoms with Gasteiger partial charge in [0.25, 0.3) is 0 Å². The number of hydrogen-bond acceptors (Lipinski definition) is 2. The zero-order valence-corrected chi connectivity index (χ0v) is 21.0. The number of carbonyl (C=O) groups is 1. The summed E-state index contributed by atoms with van der Waals surface area (Å²) in [6.07, 6.45) is 15.6. The average Bonchev–Trinajstić information content (AvgIpc) is 3.23. The molecule has 1 amide bonds. The summed E-state index contributed by atoms with van der Waals surface area (Å²) in [6.45, 7) is 15.3. The number of aliphatic hydroxyl groups excluding tert-OH is 1. The lowest BCUT2D eigenvalue weighted by atomic mass is 9.61. The second-order valence-corrected chi connectivity index (χ2v) is 12.2. The SMILES string of the molecule is C=C1CC[C@H](O)C/C1=C/C=C1\CCCC2(C)[C@@H]([C@H](C)CCN3CCC(C)(C)C3=O)CC[C@@H]12. The predicted octanol–water partition coefficient (Wildman–Crippen LogP) is 6.44. The van der Waals surface area contributed by atoms with Gasteiger partial charge >= 0.3 is 0 Å². The van der Waals surface area contributed by atoms with Crippen molar-refractivity contribution in [2.75, 3.05) is 13.1 Å². The van der Waals surface area contributed by atoms with Gasteiger partial charge < -0.3 is 10.0 Å². The number of rotatable bonds is 5. The van der Waals surface area contributed by atoms with E-state index in [0.717, 1.165) is 51.1 Å². The lowest BCUT2D eigenvalue weighted by Gasteiger charge is -2.44. The number of aliphatic hydroxyl groups is 1. The summed E-state index contributed by atoms with van der Waals surface area (Å²) < 4.78 is 0. The molecule has 3 aliphatic carbocycles. The van der Waals surface area contributed by atoms with E-state index < -0.39 is 0 Å². The average molecular weight is 440 g/mol. The molecule has 3 saturated carbocycles. The van der Waals surface area contributed by atoms with Gasteiger partial charge in [0.15, 0.2) is 0 Å². The quantitative estimate of drug-likeness (QED) is 0.535. The van der Waals surface area contributed by atoms with Crippen molar-refractivity contribution >= 4 is 5.91 Å². The minimum atomic E-state index is -0.202. The Hall–Kier alpha value is -1.35. The highest BCUT2D eigenvalue weighted by Gasteiger charge is 2.50. The van der Waals surface area contributed by atoms with Crippen LogP contribution in [0, 0.1) is 28.6 Å². The Morgan fingerprint density at radius 3 is 2.66 bits per heavy atom. The molecule has 1 saturated heterocycles. The summed E-state index contributed by atoms with van der Waals surface area (Å²) in [4.78, 5) is 14.8. The van der Waals surface area contributed by atoms with E-state index in [9.17, 15) is 9.90 Å². The van der Waals surface area contributed by atoms with E-state index in [4.69, 9.17) is 0 Å². The van der Waals surface area contributed by atoms with Crippen LogP contribution in [0.25, 0.3) is 0 Å². The summed E-state index contributed by atoms with van der Waals surface area (Å²) in [6, 6.07) is 0. The fourth-order valence-electron chi connectivity index (χ4n) is 7.43. The first-order valence-corrected chi connectivity index (χ1v) is 13.2. The third-order valence-corrected chi connectivity index (χ3v) is 9.64. The Balaban J connectivity index is 1.42. The molecule has 4 aliphatic rings. The molecule has 0 bridgehead atoms. The van der Waals surface area contributed by atoms with Gasteiger partial charge in [-0.2, -0.15) is 0 Å². The van der Waals surface area contributed by atoms with Crippen molar-refractivity contribution in [2.45, 2.75) is 98.0 Å². The molecule has 1 unspecified atom stereocenters. The van der Waals surface area contributed by atoms with Gasteiger partial charge in [0.2, 0.25) is 5.91 Å². The van der Waals surface area contributed by atoms with Crippen LogP contribution in [0.3, 0.4) is 0 Å². The van der Waals surface area contributed by atoms with E-state index in [1.165, 1.54) is 43.3 Å². The monoisotopic (exact) mass is 439 g/mol. The molecule has 0 aromatic rings. The molecule has 3 nitrogen and oxygen atoms in total. The van der Waals surface area contributed by atoms with Crippen LogP contribution in [-0.2, 0) is 4.79 Å². The molecule has 1 aliphatic heterocycles. The van der Waals surface area contributed by atoms with Crippen LogP contribution >= 0.6 is 0 Å². The number of likely N-dealkylation sites (tertiary alicyclic amines) is 1. The largest absolute Gasteiger partial charge is 0.393 e. The van der Waals surface area contributed by atoms with Crippen molar-refractivity contribution in [1.29, 1.82) is 0 Å². The number of fused-ring (bicyclic) bond motifs is 1. The molecule has 0 aromatic heterocycles. The zero-order chi connectivity index (χ0) is 23.1. The van der Waals surface area contributed by atoms with Crippen molar-refractivity contribution in [3.8, 4) is 0 Å². The highest BCUT2D eigenvalue weighted by molar-refractivity contribution is 5.83. The van der Waals surface area contributed by atoms with Gasteiger partial charge in [-0.3, -0.25) is 4.79 Å². The summed E-state index contributed by atoms with van der Waals surface area (Å²) in [5.74, 6) is 2.45. The Labute approximate surface area is 196 Å². The lowest BCUT2D eigenvalue weighted by molar-refractivity contribution is -0.134. The molecule has 0 aromatic carbocycles. The van der Waals surface area contributed by atoms with E-state index in [2.05, 4.69) is 51.3 Å². The molecule has 0 radical (unpaired) electrons. The molecule has 4 fully saturated rings. The van der Waals surface area contributed by atoms with E-state index in [0.29, 0.717) is 23.2 Å². The van der Waals surface area contributed by atoms with Crippen molar-refractivity contribution in [3.63, 3.8) is 0 Å². The maximum Gasteiger partial charge on any atom is 0.228 e. The summed E-state index contributed by atoms with van der Waals surface area (Å²) in [5, 5.41) is 10.1. The smallest absolute Gasteiger partial charge is 0.228 e. The maximum absolute atomic E-state index is 12.6. The van der Waals surface area contributed by atoms with E-state index in [1.54, 1.807) is 5.57 Å². The van der Waals surface area contributed by atoms with Crippen molar-refractivity contribution < 1.29 is 9.90 Å². The molecule has 178 valence electrons. The van der Waals surface area contributed by atoms with Crippen molar-refractivity contribution in [2.24, 2.45) is 28.6 Å². The first-order chi connectivity index (χ1) is 15.1. The second kappa shape index (κ2) is 9.12. The van der Waals surface area contributed by atoms with Crippen LogP contribution in [0.15, 0.2) is 35.5 Å². The standard InChI is InChI=1S/C29H45NO2/c1-20-8-11-24(31)19-23(20)10-9-22-7-6-15-29(5)25(12-13-26(22)29)21(2)14-17-30-18-16-28(3,4)27(30)32/h9-10,21,24-26,31H,1,6-8,11-19H2,2-5H3/b22-9+,23-10-/t21-,24+,25-,26+,29?/m1/s1. The lowest BCUT2D eigenvalue weighted by Crippen LogP contribution is -2.37. The summed E-state index contributed by atoms with van der Waals surface area (Å²) in [7, 11) is 0. The topological polar surface area (TPSA) is 40.5 Å². The highest BCUT2D eigenvalue weighted by Crippen LogP contribution is 2.59. The highest BCUT2D eigenvalue weighted by atomic mass is 16.3. The van der Waals surface area contributed by atoms with Crippen molar-refractivity contribution in [3.05, 3.63) is 35.5 Å². The first kappa shape index (κ1) is 23.8. The molecule has 0 spiro atoms. The predicted molar refractivity (Wildman–Crippen MR) is 132 cm³/mol. The van der Waals surface area contributed by atoms with Crippen LogP contribution in [0.2, 0.25) is 0 Å². The molecular weight excluding hydrogens is 394 g/mol. The minimum Gasteiger partial charge on any atom is -0.393 e. The Bertz CT molecular complexity index is 806. The molecule has 1 N–H and O–H groups in total. The molecule has 4 rings (SSSR count).